The standard InChI is InChI=1S/C24H24N2O3S2/c1-29-18-8-4-7-17(15-18)25-23(27)16-31-21-11-3-2-9-19(21)24(28)26-13-5-10-20(26)22-12-6-14-30-22/h2-4,6-9,11-12,14-15,20H,5,10,13,16H2,1H3,(H,25,27)/t20-/m0/s1. The molecule has 7 heteroatoms. The van der Waals surface area contributed by atoms with E-state index in [1.165, 1.54) is 16.6 Å². The highest BCUT2D eigenvalue weighted by molar-refractivity contribution is 8.00. The van der Waals surface area contributed by atoms with Gasteiger partial charge in [-0.3, -0.25) is 9.59 Å². The van der Waals surface area contributed by atoms with Gasteiger partial charge in [0.2, 0.25) is 5.91 Å². The Labute approximate surface area is 190 Å². The molecule has 1 atom stereocenters. The lowest BCUT2D eigenvalue weighted by atomic mass is 10.1. The molecule has 0 unspecified atom stereocenters. The van der Waals surface area contributed by atoms with E-state index < -0.39 is 0 Å². The Morgan fingerprint density at radius 3 is 2.84 bits per heavy atom. The van der Waals surface area contributed by atoms with Crippen molar-refractivity contribution in [3.05, 3.63) is 76.5 Å². The number of hydrogen-bond donors (Lipinski definition) is 1. The van der Waals surface area contributed by atoms with Gasteiger partial charge in [-0.2, -0.15) is 0 Å². The highest BCUT2D eigenvalue weighted by atomic mass is 32.2. The van der Waals surface area contributed by atoms with Crippen molar-refractivity contribution in [2.75, 3.05) is 24.7 Å². The first-order valence-corrected chi connectivity index (χ1v) is 12.0. The predicted octanol–water partition coefficient (Wildman–Crippen LogP) is 5.46. The van der Waals surface area contributed by atoms with Crippen LogP contribution in [0.4, 0.5) is 5.69 Å². The van der Waals surface area contributed by atoms with Gasteiger partial charge >= 0.3 is 0 Å². The molecule has 2 amide bonds. The third kappa shape index (κ3) is 5.11. The number of methoxy groups -OCH3 is 1. The average Bonchev–Trinajstić information content (AvgIpc) is 3.49. The summed E-state index contributed by atoms with van der Waals surface area (Å²) in [5.41, 5.74) is 1.34. The molecule has 1 aliphatic rings. The normalized spacial score (nSPS) is 15.6. The molecule has 1 aliphatic heterocycles. The molecule has 5 nitrogen and oxygen atoms in total. The summed E-state index contributed by atoms with van der Waals surface area (Å²) in [4.78, 5) is 29.9. The van der Waals surface area contributed by atoms with Crippen LogP contribution in [0.2, 0.25) is 0 Å². The maximum Gasteiger partial charge on any atom is 0.255 e. The zero-order valence-electron chi connectivity index (χ0n) is 17.2. The fourth-order valence-corrected chi connectivity index (χ4v) is 5.47. The lowest BCUT2D eigenvalue weighted by molar-refractivity contribution is -0.113. The molecule has 1 aromatic heterocycles. The summed E-state index contributed by atoms with van der Waals surface area (Å²) in [5, 5.41) is 4.94. The van der Waals surface area contributed by atoms with E-state index >= 15 is 0 Å². The number of nitrogens with zero attached hydrogens (tertiary/aromatic N) is 1. The Hall–Kier alpha value is -2.77. The van der Waals surface area contributed by atoms with Gasteiger partial charge in [0.1, 0.15) is 5.75 Å². The maximum absolute atomic E-state index is 13.4. The number of benzene rings is 2. The van der Waals surface area contributed by atoms with Crippen LogP contribution in [0, 0.1) is 0 Å². The molecular formula is C24H24N2O3S2. The van der Waals surface area contributed by atoms with Gasteiger partial charge in [-0.1, -0.05) is 24.3 Å². The van der Waals surface area contributed by atoms with E-state index in [1.807, 2.05) is 53.4 Å². The Morgan fingerprint density at radius 2 is 2.03 bits per heavy atom. The molecular weight excluding hydrogens is 428 g/mol. The van der Waals surface area contributed by atoms with Gasteiger partial charge in [-0.15, -0.1) is 23.1 Å². The minimum atomic E-state index is -0.127. The summed E-state index contributed by atoms with van der Waals surface area (Å²) in [7, 11) is 1.59. The molecule has 0 aliphatic carbocycles. The molecule has 31 heavy (non-hydrogen) atoms. The predicted molar refractivity (Wildman–Crippen MR) is 126 cm³/mol. The molecule has 1 saturated heterocycles. The van der Waals surface area contributed by atoms with Crippen LogP contribution in [0.25, 0.3) is 0 Å². The number of thiophene rings is 1. The van der Waals surface area contributed by atoms with Crippen molar-refractivity contribution < 1.29 is 14.3 Å². The van der Waals surface area contributed by atoms with Crippen molar-refractivity contribution in [2.45, 2.75) is 23.8 Å². The molecule has 3 aromatic rings. The van der Waals surface area contributed by atoms with Crippen LogP contribution in [0.15, 0.2) is 70.9 Å². The average molecular weight is 453 g/mol. The topological polar surface area (TPSA) is 58.6 Å². The van der Waals surface area contributed by atoms with Gasteiger partial charge in [0.15, 0.2) is 0 Å². The Bertz CT molecular complexity index is 1050. The zero-order valence-corrected chi connectivity index (χ0v) is 18.9. The number of thioether (sulfide) groups is 1. The SMILES string of the molecule is COc1cccc(NC(=O)CSc2ccccc2C(=O)N2CCC[C@H]2c2cccs2)c1. The Balaban J connectivity index is 1.43. The lowest BCUT2D eigenvalue weighted by Crippen LogP contribution is -2.30. The summed E-state index contributed by atoms with van der Waals surface area (Å²) in [6.45, 7) is 0.761. The molecule has 1 fully saturated rings. The summed E-state index contributed by atoms with van der Waals surface area (Å²) >= 11 is 3.08. The molecule has 0 spiro atoms. The van der Waals surface area contributed by atoms with Crippen molar-refractivity contribution in [2.24, 2.45) is 0 Å². The molecule has 1 N–H and O–H groups in total. The number of ether oxygens (including phenoxy) is 1. The van der Waals surface area contributed by atoms with Gasteiger partial charge in [0.05, 0.1) is 24.5 Å². The number of carbonyl (C=O) groups excluding carboxylic acids is 2. The summed E-state index contributed by atoms with van der Waals surface area (Å²) in [5.74, 6) is 0.813. The highest BCUT2D eigenvalue weighted by Gasteiger charge is 2.32. The number of amides is 2. The minimum absolute atomic E-state index is 0.0344. The van der Waals surface area contributed by atoms with Crippen molar-refractivity contribution in [3.63, 3.8) is 0 Å². The maximum atomic E-state index is 13.4. The van der Waals surface area contributed by atoms with Crippen molar-refractivity contribution in [3.8, 4) is 5.75 Å². The van der Waals surface area contributed by atoms with Gasteiger partial charge < -0.3 is 15.0 Å². The lowest BCUT2D eigenvalue weighted by Gasteiger charge is -2.25. The summed E-state index contributed by atoms with van der Waals surface area (Å²) in [6, 6.07) is 19.1. The number of rotatable bonds is 7. The van der Waals surface area contributed by atoms with Crippen LogP contribution in [0.5, 0.6) is 5.75 Å². The molecule has 160 valence electrons. The second kappa shape index (κ2) is 10.0. The number of nitrogens with one attached hydrogen (secondary N) is 1. The van der Waals surface area contributed by atoms with Crippen molar-refractivity contribution >= 4 is 40.6 Å². The number of likely N-dealkylation sites (tertiary alicyclic amines) is 1. The second-order valence-corrected chi connectivity index (χ2v) is 9.23. The van der Waals surface area contributed by atoms with Crippen LogP contribution >= 0.6 is 23.1 Å². The smallest absolute Gasteiger partial charge is 0.255 e. The third-order valence-electron chi connectivity index (χ3n) is 5.21. The monoisotopic (exact) mass is 452 g/mol. The molecule has 0 radical (unpaired) electrons. The van der Waals surface area contributed by atoms with E-state index in [0.717, 1.165) is 24.3 Å². The number of anilines is 1. The van der Waals surface area contributed by atoms with E-state index in [9.17, 15) is 9.59 Å². The second-order valence-electron chi connectivity index (χ2n) is 7.24. The number of carbonyl (C=O) groups is 2. The first kappa shape index (κ1) is 21.5. The van der Waals surface area contributed by atoms with E-state index in [4.69, 9.17) is 4.74 Å². The van der Waals surface area contributed by atoms with Gasteiger partial charge in [0, 0.05) is 28.1 Å². The van der Waals surface area contributed by atoms with E-state index in [1.54, 1.807) is 24.5 Å². The van der Waals surface area contributed by atoms with Crippen molar-refractivity contribution in [1.82, 2.24) is 4.90 Å². The Kier molecular flexibility index (Phi) is 6.94. The molecule has 0 saturated carbocycles. The van der Waals surface area contributed by atoms with Crippen molar-refractivity contribution in [1.29, 1.82) is 0 Å². The first-order valence-electron chi connectivity index (χ1n) is 10.2. The summed E-state index contributed by atoms with van der Waals surface area (Å²) in [6.07, 6.45) is 2.00. The molecule has 2 aromatic carbocycles. The molecule has 4 rings (SSSR count). The Morgan fingerprint density at radius 1 is 1.16 bits per heavy atom. The quantitative estimate of drug-likeness (QED) is 0.483. The largest absolute Gasteiger partial charge is 0.497 e. The van der Waals surface area contributed by atoms with Gasteiger partial charge in [-0.25, -0.2) is 0 Å². The fourth-order valence-electron chi connectivity index (χ4n) is 3.75. The number of hydrogen-bond acceptors (Lipinski definition) is 5. The third-order valence-corrected chi connectivity index (χ3v) is 7.26. The van der Waals surface area contributed by atoms with Crippen LogP contribution in [-0.4, -0.2) is 36.1 Å². The van der Waals surface area contributed by atoms with Gasteiger partial charge in [-0.05, 0) is 48.6 Å². The van der Waals surface area contributed by atoms with E-state index in [2.05, 4.69) is 16.8 Å². The minimum Gasteiger partial charge on any atom is -0.497 e. The van der Waals surface area contributed by atoms with Crippen LogP contribution < -0.4 is 10.1 Å². The molecule has 2 heterocycles. The van der Waals surface area contributed by atoms with Crippen LogP contribution in [0.3, 0.4) is 0 Å². The van der Waals surface area contributed by atoms with Crippen LogP contribution in [-0.2, 0) is 4.79 Å². The van der Waals surface area contributed by atoms with Crippen LogP contribution in [0.1, 0.15) is 34.1 Å². The van der Waals surface area contributed by atoms with E-state index in [0.29, 0.717) is 17.0 Å². The zero-order chi connectivity index (χ0) is 21.6. The van der Waals surface area contributed by atoms with E-state index in [-0.39, 0.29) is 23.6 Å². The van der Waals surface area contributed by atoms with Gasteiger partial charge in [0.25, 0.3) is 5.91 Å². The molecule has 0 bridgehead atoms. The summed E-state index contributed by atoms with van der Waals surface area (Å²) < 4.78 is 5.19. The first-order chi connectivity index (χ1) is 15.2. The fraction of sp³-hybridized carbons (Fsp3) is 0.250. The highest BCUT2D eigenvalue weighted by Crippen LogP contribution is 2.36.